The van der Waals surface area contributed by atoms with Crippen LogP contribution in [0.2, 0.25) is 0 Å². The lowest BCUT2D eigenvalue weighted by atomic mass is 10.2. The molecule has 104 valence electrons. The van der Waals surface area contributed by atoms with Gasteiger partial charge in [0.2, 0.25) is 5.88 Å². The maximum atomic E-state index is 13.9. The fraction of sp³-hybridized carbons (Fsp3) is 0.133. The summed E-state index contributed by atoms with van der Waals surface area (Å²) < 4.78 is 19.4. The van der Waals surface area contributed by atoms with Gasteiger partial charge in [0.05, 0.1) is 17.0 Å². The summed E-state index contributed by atoms with van der Waals surface area (Å²) in [5.41, 5.74) is 0.247. The van der Waals surface area contributed by atoms with Gasteiger partial charge in [-0.15, -0.1) is 11.3 Å². The molecule has 0 atom stereocenters. The zero-order valence-electron chi connectivity index (χ0n) is 11.1. The van der Waals surface area contributed by atoms with Crippen molar-refractivity contribution in [3.05, 3.63) is 46.9 Å². The molecule has 0 spiro atoms. The van der Waals surface area contributed by atoms with E-state index < -0.39 is 5.82 Å². The van der Waals surface area contributed by atoms with Gasteiger partial charge in [-0.2, -0.15) is 5.26 Å². The SMILES string of the molecule is CCc1cc2c(Oc3ccc(C#N)cc3F)ncnc2s1. The van der Waals surface area contributed by atoms with Crippen LogP contribution in [0.5, 0.6) is 11.6 Å². The van der Waals surface area contributed by atoms with E-state index in [4.69, 9.17) is 10.00 Å². The van der Waals surface area contributed by atoms with Gasteiger partial charge in [0.1, 0.15) is 11.2 Å². The van der Waals surface area contributed by atoms with Gasteiger partial charge in [0, 0.05) is 4.88 Å². The summed E-state index contributed by atoms with van der Waals surface area (Å²) in [6, 6.07) is 7.90. The third-order valence-corrected chi connectivity index (χ3v) is 4.15. The largest absolute Gasteiger partial charge is 0.435 e. The molecule has 0 bridgehead atoms. The number of hydrogen-bond acceptors (Lipinski definition) is 5. The molecule has 0 saturated heterocycles. The van der Waals surface area contributed by atoms with E-state index in [1.807, 2.05) is 12.1 Å². The van der Waals surface area contributed by atoms with E-state index in [-0.39, 0.29) is 11.3 Å². The van der Waals surface area contributed by atoms with Crippen LogP contribution in [-0.4, -0.2) is 9.97 Å². The van der Waals surface area contributed by atoms with Crippen molar-refractivity contribution in [2.75, 3.05) is 0 Å². The van der Waals surface area contributed by atoms with Crippen molar-refractivity contribution in [3.8, 4) is 17.7 Å². The second kappa shape index (κ2) is 5.46. The van der Waals surface area contributed by atoms with Gasteiger partial charge in [-0.1, -0.05) is 6.92 Å². The molecule has 2 heterocycles. The first-order valence-electron chi connectivity index (χ1n) is 6.32. The Hall–Kier alpha value is -2.52. The van der Waals surface area contributed by atoms with Gasteiger partial charge in [-0.05, 0) is 30.7 Å². The number of aryl methyl sites for hydroxylation is 1. The van der Waals surface area contributed by atoms with E-state index in [1.165, 1.54) is 18.5 Å². The van der Waals surface area contributed by atoms with Gasteiger partial charge >= 0.3 is 0 Å². The Bertz CT molecular complexity index is 854. The standard InChI is InChI=1S/C15H10FN3OS/c1-2-10-6-11-14(18-8-19-15(11)21-10)20-13-4-3-9(7-17)5-12(13)16/h3-6,8H,2H2,1H3. The second-order valence-electron chi connectivity index (χ2n) is 4.32. The van der Waals surface area contributed by atoms with Crippen LogP contribution in [0.25, 0.3) is 10.2 Å². The van der Waals surface area contributed by atoms with Crippen LogP contribution in [0.4, 0.5) is 4.39 Å². The minimum atomic E-state index is -0.591. The van der Waals surface area contributed by atoms with Crippen LogP contribution in [-0.2, 0) is 6.42 Å². The zero-order chi connectivity index (χ0) is 14.8. The quantitative estimate of drug-likeness (QED) is 0.732. The van der Waals surface area contributed by atoms with Crippen molar-refractivity contribution in [3.63, 3.8) is 0 Å². The molecule has 1 aromatic carbocycles. The first kappa shape index (κ1) is 13.5. The fourth-order valence-corrected chi connectivity index (χ4v) is 2.82. The molecule has 0 aliphatic carbocycles. The van der Waals surface area contributed by atoms with Gasteiger partial charge in [-0.3, -0.25) is 0 Å². The van der Waals surface area contributed by atoms with Crippen LogP contribution in [0.3, 0.4) is 0 Å². The monoisotopic (exact) mass is 299 g/mol. The van der Waals surface area contributed by atoms with Crippen LogP contribution in [0.15, 0.2) is 30.6 Å². The molecule has 0 amide bonds. The number of thiophene rings is 1. The Kier molecular flexibility index (Phi) is 3.50. The zero-order valence-corrected chi connectivity index (χ0v) is 11.9. The smallest absolute Gasteiger partial charge is 0.231 e. The fourth-order valence-electron chi connectivity index (χ4n) is 1.90. The van der Waals surface area contributed by atoms with E-state index in [0.717, 1.165) is 27.6 Å². The van der Waals surface area contributed by atoms with E-state index >= 15 is 0 Å². The summed E-state index contributed by atoms with van der Waals surface area (Å²) in [5, 5.41) is 9.50. The molecule has 3 rings (SSSR count). The summed E-state index contributed by atoms with van der Waals surface area (Å²) in [4.78, 5) is 10.2. The van der Waals surface area contributed by atoms with Crippen molar-refractivity contribution >= 4 is 21.6 Å². The van der Waals surface area contributed by atoms with Crippen LogP contribution in [0.1, 0.15) is 17.4 Å². The van der Waals surface area contributed by atoms with E-state index in [2.05, 4.69) is 16.9 Å². The molecule has 3 aromatic rings. The molecule has 4 nitrogen and oxygen atoms in total. The minimum absolute atomic E-state index is 0.0400. The number of hydrogen-bond donors (Lipinski definition) is 0. The number of ether oxygens (including phenoxy) is 1. The number of rotatable bonds is 3. The summed E-state index contributed by atoms with van der Waals surface area (Å²) in [5.74, 6) is -0.232. The van der Waals surface area contributed by atoms with E-state index in [0.29, 0.717) is 5.88 Å². The number of aromatic nitrogens is 2. The predicted octanol–water partition coefficient (Wildman–Crippen LogP) is 4.06. The van der Waals surface area contributed by atoms with Gasteiger partial charge in [0.25, 0.3) is 0 Å². The van der Waals surface area contributed by atoms with Crippen LogP contribution < -0.4 is 4.74 Å². The Morgan fingerprint density at radius 1 is 1.33 bits per heavy atom. The summed E-state index contributed by atoms with van der Waals surface area (Å²) in [6.07, 6.45) is 2.29. The third kappa shape index (κ3) is 2.56. The third-order valence-electron chi connectivity index (χ3n) is 2.96. The number of benzene rings is 1. The molecule has 21 heavy (non-hydrogen) atoms. The minimum Gasteiger partial charge on any atom is -0.435 e. The van der Waals surface area contributed by atoms with E-state index in [9.17, 15) is 4.39 Å². The van der Waals surface area contributed by atoms with Crippen molar-refractivity contribution in [2.24, 2.45) is 0 Å². The lowest BCUT2D eigenvalue weighted by Gasteiger charge is -2.06. The van der Waals surface area contributed by atoms with Gasteiger partial charge in [-0.25, -0.2) is 14.4 Å². The Morgan fingerprint density at radius 3 is 2.90 bits per heavy atom. The van der Waals surface area contributed by atoms with Gasteiger partial charge < -0.3 is 4.74 Å². The average molecular weight is 299 g/mol. The lowest BCUT2D eigenvalue weighted by molar-refractivity contribution is 0.431. The molecule has 0 N–H and O–H groups in total. The number of fused-ring (bicyclic) bond motifs is 1. The molecule has 0 aliphatic heterocycles. The predicted molar refractivity (Wildman–Crippen MR) is 78.0 cm³/mol. The normalized spacial score (nSPS) is 10.5. The molecule has 0 fully saturated rings. The first-order valence-corrected chi connectivity index (χ1v) is 7.14. The van der Waals surface area contributed by atoms with Crippen molar-refractivity contribution in [1.29, 1.82) is 5.26 Å². The number of halogens is 1. The number of nitrogens with zero attached hydrogens (tertiary/aromatic N) is 3. The highest BCUT2D eigenvalue weighted by atomic mass is 32.1. The van der Waals surface area contributed by atoms with Crippen molar-refractivity contribution in [1.82, 2.24) is 9.97 Å². The van der Waals surface area contributed by atoms with Crippen molar-refractivity contribution in [2.45, 2.75) is 13.3 Å². The Morgan fingerprint density at radius 2 is 2.19 bits per heavy atom. The topological polar surface area (TPSA) is 58.8 Å². The molecule has 0 unspecified atom stereocenters. The van der Waals surface area contributed by atoms with Crippen LogP contribution in [0, 0.1) is 17.1 Å². The Balaban J connectivity index is 2.02. The first-order chi connectivity index (χ1) is 10.2. The maximum Gasteiger partial charge on any atom is 0.231 e. The summed E-state index contributed by atoms with van der Waals surface area (Å²) in [7, 11) is 0. The molecule has 0 aliphatic rings. The number of nitriles is 1. The van der Waals surface area contributed by atoms with Gasteiger partial charge in [0.15, 0.2) is 11.6 Å². The molecule has 6 heteroatoms. The molecule has 2 aromatic heterocycles. The highest BCUT2D eigenvalue weighted by molar-refractivity contribution is 7.18. The lowest BCUT2D eigenvalue weighted by Crippen LogP contribution is -1.92. The van der Waals surface area contributed by atoms with E-state index in [1.54, 1.807) is 11.3 Å². The highest BCUT2D eigenvalue weighted by Crippen LogP contribution is 2.33. The Labute approximate surface area is 124 Å². The molecular weight excluding hydrogens is 289 g/mol. The second-order valence-corrected chi connectivity index (χ2v) is 5.44. The molecular formula is C15H10FN3OS. The summed E-state index contributed by atoms with van der Waals surface area (Å²) >= 11 is 1.56. The average Bonchev–Trinajstić information content (AvgIpc) is 2.93. The maximum absolute atomic E-state index is 13.9. The van der Waals surface area contributed by atoms with Crippen LogP contribution >= 0.6 is 11.3 Å². The highest BCUT2D eigenvalue weighted by Gasteiger charge is 2.12. The summed E-state index contributed by atoms with van der Waals surface area (Å²) in [6.45, 7) is 2.05. The molecule has 0 radical (unpaired) electrons. The van der Waals surface area contributed by atoms with Crippen molar-refractivity contribution < 1.29 is 9.13 Å². The molecule has 0 saturated carbocycles.